The van der Waals surface area contributed by atoms with E-state index < -0.39 is 10.0 Å². The number of carbonyl (C=O) groups excluding carboxylic acids is 1. The summed E-state index contributed by atoms with van der Waals surface area (Å²) in [6.07, 6.45) is 1.73. The van der Waals surface area contributed by atoms with Gasteiger partial charge in [-0.2, -0.15) is 4.31 Å². The topological polar surface area (TPSA) is 97.8 Å². The Hall–Kier alpha value is -2.17. The Bertz CT molecular complexity index is 909. The van der Waals surface area contributed by atoms with E-state index in [1.165, 1.54) is 21.9 Å². The molecule has 0 saturated heterocycles. The number of nitrogens with zero attached hydrogens (tertiary/aromatic N) is 2. The number of carbonyl (C=O) groups is 1. The van der Waals surface area contributed by atoms with Crippen LogP contribution in [0, 0.1) is 0 Å². The molecule has 0 unspecified atom stereocenters. The predicted octanol–water partition coefficient (Wildman–Crippen LogP) is 1.88. The molecule has 0 spiro atoms. The van der Waals surface area contributed by atoms with E-state index in [2.05, 4.69) is 10.3 Å². The summed E-state index contributed by atoms with van der Waals surface area (Å²) in [6.45, 7) is 3.05. The van der Waals surface area contributed by atoms with E-state index in [0.29, 0.717) is 37.0 Å². The molecule has 0 fully saturated rings. The van der Waals surface area contributed by atoms with Crippen LogP contribution in [0.5, 0.6) is 11.5 Å². The monoisotopic (exact) mass is 411 g/mol. The highest BCUT2D eigenvalue weighted by atomic mass is 32.2. The highest BCUT2D eigenvalue weighted by Gasteiger charge is 2.26. The third-order valence-electron chi connectivity index (χ3n) is 3.92. The van der Waals surface area contributed by atoms with Gasteiger partial charge in [0.05, 0.1) is 18.6 Å². The maximum absolute atomic E-state index is 12.1. The van der Waals surface area contributed by atoms with Gasteiger partial charge in [-0.15, -0.1) is 11.3 Å². The van der Waals surface area contributed by atoms with Crippen molar-refractivity contribution >= 4 is 32.4 Å². The van der Waals surface area contributed by atoms with Crippen molar-refractivity contribution in [3.63, 3.8) is 0 Å². The number of thiazole rings is 1. The fourth-order valence-electron chi connectivity index (χ4n) is 2.61. The van der Waals surface area contributed by atoms with Crippen LogP contribution < -0.4 is 14.8 Å². The summed E-state index contributed by atoms with van der Waals surface area (Å²) in [5, 5.41) is 3.16. The molecule has 1 N–H and O–H groups in total. The average Bonchev–Trinajstić information content (AvgIpc) is 3.02. The predicted molar refractivity (Wildman–Crippen MR) is 103 cm³/mol. The van der Waals surface area contributed by atoms with Crippen LogP contribution in [0.3, 0.4) is 0 Å². The van der Waals surface area contributed by atoms with Gasteiger partial charge in [-0.3, -0.25) is 10.1 Å². The number of rotatable bonds is 7. The summed E-state index contributed by atoms with van der Waals surface area (Å²) in [5.41, 5.74) is 0.836. The molecule has 0 radical (unpaired) electrons. The number of fused-ring (bicyclic) bond motifs is 1. The number of aromatic nitrogens is 1. The molecule has 1 amide bonds. The first-order valence-electron chi connectivity index (χ1n) is 8.44. The molecule has 10 heteroatoms. The Kier molecular flexibility index (Phi) is 5.98. The lowest BCUT2D eigenvalue weighted by atomic mass is 10.2. The highest BCUT2D eigenvalue weighted by molar-refractivity contribution is 7.88. The van der Waals surface area contributed by atoms with Gasteiger partial charge in [0.2, 0.25) is 10.0 Å². The smallest absolute Gasteiger partial charge is 0.264 e. The normalized spacial score (nSPS) is 14.4. The minimum Gasteiger partial charge on any atom is -0.494 e. The van der Waals surface area contributed by atoms with Crippen LogP contribution in [0.4, 0.5) is 5.13 Å². The number of amides is 1. The van der Waals surface area contributed by atoms with Gasteiger partial charge in [0.25, 0.3) is 5.91 Å². The third-order valence-corrected chi connectivity index (χ3v) is 6.16. The van der Waals surface area contributed by atoms with Gasteiger partial charge in [-0.25, -0.2) is 13.4 Å². The Labute approximate surface area is 162 Å². The lowest BCUT2D eigenvalue weighted by molar-refractivity contribution is -0.118. The number of sulfonamides is 1. The van der Waals surface area contributed by atoms with Gasteiger partial charge in [-0.1, -0.05) is 0 Å². The number of ether oxygens (including phenoxy) is 2. The van der Waals surface area contributed by atoms with Crippen LogP contribution in [0.2, 0.25) is 0 Å². The van der Waals surface area contributed by atoms with Gasteiger partial charge < -0.3 is 9.47 Å². The molecule has 1 aliphatic heterocycles. The highest BCUT2D eigenvalue weighted by Crippen LogP contribution is 2.29. The zero-order valence-corrected chi connectivity index (χ0v) is 16.7. The van der Waals surface area contributed by atoms with E-state index in [-0.39, 0.29) is 12.5 Å². The van der Waals surface area contributed by atoms with Crippen LogP contribution in [0.25, 0.3) is 0 Å². The Balaban J connectivity index is 1.54. The quantitative estimate of drug-likeness (QED) is 0.747. The van der Waals surface area contributed by atoms with Crippen molar-refractivity contribution in [2.24, 2.45) is 0 Å². The van der Waals surface area contributed by atoms with Gasteiger partial charge in [0.1, 0.15) is 11.5 Å². The van der Waals surface area contributed by atoms with E-state index in [4.69, 9.17) is 9.47 Å². The summed E-state index contributed by atoms with van der Waals surface area (Å²) in [5.74, 6) is 0.983. The first-order valence-corrected chi connectivity index (χ1v) is 11.1. The van der Waals surface area contributed by atoms with E-state index in [9.17, 15) is 13.2 Å². The molecule has 2 heterocycles. The first-order chi connectivity index (χ1) is 12.8. The number of nitrogens with one attached hydrogen (secondary N) is 1. The van der Waals surface area contributed by atoms with Crippen LogP contribution in [-0.2, 0) is 27.8 Å². The van der Waals surface area contributed by atoms with Gasteiger partial charge in [0.15, 0.2) is 11.7 Å². The Morgan fingerprint density at radius 2 is 1.93 bits per heavy atom. The summed E-state index contributed by atoms with van der Waals surface area (Å²) in [4.78, 5) is 17.3. The zero-order valence-electron chi connectivity index (χ0n) is 15.1. The van der Waals surface area contributed by atoms with E-state index >= 15 is 0 Å². The fraction of sp³-hybridized carbons (Fsp3) is 0.412. The minimum atomic E-state index is -3.23. The summed E-state index contributed by atoms with van der Waals surface area (Å²) < 4.78 is 35.6. The first kappa shape index (κ1) is 19.6. The maximum atomic E-state index is 12.1. The van der Waals surface area contributed by atoms with E-state index in [0.717, 1.165) is 16.3 Å². The molecular formula is C17H21N3O5S2. The van der Waals surface area contributed by atoms with E-state index in [1.807, 2.05) is 6.92 Å². The van der Waals surface area contributed by atoms with Crippen LogP contribution in [0.15, 0.2) is 24.3 Å². The summed E-state index contributed by atoms with van der Waals surface area (Å²) >= 11 is 1.29. The van der Waals surface area contributed by atoms with Crippen LogP contribution in [-0.4, -0.2) is 49.6 Å². The van der Waals surface area contributed by atoms with Crippen molar-refractivity contribution in [2.45, 2.75) is 19.9 Å². The SMILES string of the molecule is CCOc1ccc(OCC(=O)Nc2nc3c(s2)CN(S(C)(=O)=O)CC3)cc1. The lowest BCUT2D eigenvalue weighted by Crippen LogP contribution is -2.34. The standard InChI is InChI=1S/C17H21N3O5S2/c1-3-24-12-4-6-13(7-5-12)25-11-16(21)19-17-18-14-8-9-20(27(2,22)23)10-15(14)26-17/h4-7H,3,8-11H2,1-2H3,(H,18,19,21). The largest absolute Gasteiger partial charge is 0.494 e. The third kappa shape index (κ3) is 5.18. The molecule has 3 rings (SSSR count). The molecule has 1 aromatic carbocycles. The molecule has 146 valence electrons. The Morgan fingerprint density at radius 1 is 1.26 bits per heavy atom. The second-order valence-corrected chi connectivity index (χ2v) is 9.04. The van der Waals surface area contributed by atoms with Gasteiger partial charge in [-0.05, 0) is 31.2 Å². The number of benzene rings is 1. The number of hydrogen-bond donors (Lipinski definition) is 1. The molecule has 2 aromatic rings. The van der Waals surface area contributed by atoms with Crippen molar-refractivity contribution in [1.29, 1.82) is 0 Å². The molecule has 0 aliphatic carbocycles. The molecule has 27 heavy (non-hydrogen) atoms. The lowest BCUT2D eigenvalue weighted by Gasteiger charge is -2.23. The van der Waals surface area contributed by atoms with Crippen LogP contribution >= 0.6 is 11.3 Å². The molecule has 0 saturated carbocycles. The molecule has 1 aromatic heterocycles. The van der Waals surface area contributed by atoms with Crippen molar-refractivity contribution in [2.75, 3.05) is 31.3 Å². The van der Waals surface area contributed by atoms with Crippen LogP contribution in [0.1, 0.15) is 17.5 Å². The van der Waals surface area contributed by atoms with Crippen molar-refractivity contribution in [1.82, 2.24) is 9.29 Å². The Morgan fingerprint density at radius 3 is 2.56 bits per heavy atom. The number of anilines is 1. The molecular weight excluding hydrogens is 390 g/mol. The van der Waals surface area contributed by atoms with Crippen molar-refractivity contribution in [3.05, 3.63) is 34.8 Å². The molecule has 0 atom stereocenters. The van der Waals surface area contributed by atoms with Crippen molar-refractivity contribution in [3.8, 4) is 11.5 Å². The maximum Gasteiger partial charge on any atom is 0.264 e. The van der Waals surface area contributed by atoms with Crippen molar-refractivity contribution < 1.29 is 22.7 Å². The average molecular weight is 412 g/mol. The van der Waals surface area contributed by atoms with Gasteiger partial charge >= 0.3 is 0 Å². The molecule has 0 bridgehead atoms. The minimum absolute atomic E-state index is 0.145. The molecule has 1 aliphatic rings. The van der Waals surface area contributed by atoms with E-state index in [1.54, 1.807) is 24.3 Å². The summed E-state index contributed by atoms with van der Waals surface area (Å²) in [7, 11) is -3.23. The summed E-state index contributed by atoms with van der Waals surface area (Å²) in [6, 6.07) is 7.03. The van der Waals surface area contributed by atoms with Gasteiger partial charge in [0, 0.05) is 24.4 Å². The zero-order chi connectivity index (χ0) is 19.4. The second kappa shape index (κ2) is 8.24. The fourth-order valence-corrected chi connectivity index (χ4v) is 4.52. The molecule has 8 nitrogen and oxygen atoms in total. The second-order valence-electron chi connectivity index (χ2n) is 5.98. The number of hydrogen-bond acceptors (Lipinski definition) is 7.